The molecule has 2 nitrogen and oxygen atoms in total. The molecule has 2 aliphatic rings. The van der Waals surface area contributed by atoms with Crippen LogP contribution >= 0.6 is 0 Å². The highest BCUT2D eigenvalue weighted by atomic mass is 15.3. The molecule has 1 saturated carbocycles. The summed E-state index contributed by atoms with van der Waals surface area (Å²) in [7, 11) is 0. The summed E-state index contributed by atoms with van der Waals surface area (Å²) in [5, 5.41) is 4.00. The Labute approximate surface area is 129 Å². The van der Waals surface area contributed by atoms with Crippen molar-refractivity contribution in [2.45, 2.75) is 70.0 Å². The van der Waals surface area contributed by atoms with E-state index >= 15 is 0 Å². The van der Waals surface area contributed by atoms with Gasteiger partial charge in [-0.15, -0.1) is 0 Å². The molecule has 1 aliphatic heterocycles. The minimum absolute atomic E-state index is 0.207. The zero-order valence-electron chi connectivity index (χ0n) is 13.9. The van der Waals surface area contributed by atoms with Crippen LogP contribution < -0.4 is 5.32 Å². The van der Waals surface area contributed by atoms with Crippen LogP contribution in [0.25, 0.3) is 0 Å². The molecular formula is C19H30N2. The van der Waals surface area contributed by atoms with Gasteiger partial charge in [0.25, 0.3) is 0 Å². The van der Waals surface area contributed by atoms with Gasteiger partial charge in [-0.2, -0.15) is 0 Å². The van der Waals surface area contributed by atoms with E-state index < -0.39 is 0 Å². The second kappa shape index (κ2) is 5.73. The van der Waals surface area contributed by atoms with Gasteiger partial charge in [0.1, 0.15) is 0 Å². The lowest BCUT2D eigenvalue weighted by atomic mass is 9.76. The van der Waals surface area contributed by atoms with Crippen LogP contribution in [0.15, 0.2) is 30.3 Å². The Morgan fingerprint density at radius 2 is 1.67 bits per heavy atom. The SMILES string of the molecule is CC(c1ccccc1)N1CC(C)(C)NC2(CCCCC2)C1. The van der Waals surface area contributed by atoms with Gasteiger partial charge in [-0.3, -0.25) is 4.90 Å². The van der Waals surface area contributed by atoms with Crippen molar-refractivity contribution < 1.29 is 0 Å². The zero-order valence-corrected chi connectivity index (χ0v) is 13.9. The van der Waals surface area contributed by atoms with E-state index in [9.17, 15) is 0 Å². The summed E-state index contributed by atoms with van der Waals surface area (Å²) in [6, 6.07) is 11.5. The largest absolute Gasteiger partial charge is 0.304 e. The number of piperazine rings is 1. The molecule has 2 fully saturated rings. The molecule has 0 amide bonds. The van der Waals surface area contributed by atoms with Crippen molar-refractivity contribution in [3.63, 3.8) is 0 Å². The number of rotatable bonds is 2. The third-order valence-electron chi connectivity index (χ3n) is 5.35. The molecule has 1 N–H and O–H groups in total. The lowest BCUT2D eigenvalue weighted by Gasteiger charge is -2.54. The second-order valence-corrected chi connectivity index (χ2v) is 7.84. The highest BCUT2D eigenvalue weighted by molar-refractivity contribution is 5.19. The maximum absolute atomic E-state index is 4.00. The van der Waals surface area contributed by atoms with Gasteiger partial charge in [0.15, 0.2) is 0 Å². The van der Waals surface area contributed by atoms with Crippen molar-refractivity contribution in [3.05, 3.63) is 35.9 Å². The van der Waals surface area contributed by atoms with Gasteiger partial charge in [-0.1, -0.05) is 49.6 Å². The van der Waals surface area contributed by atoms with Crippen LogP contribution in [0.1, 0.15) is 64.5 Å². The van der Waals surface area contributed by atoms with E-state index in [1.807, 2.05) is 0 Å². The molecule has 0 bridgehead atoms. The molecule has 0 radical (unpaired) electrons. The fourth-order valence-electron chi connectivity index (χ4n) is 4.48. The summed E-state index contributed by atoms with van der Waals surface area (Å²) in [6.45, 7) is 9.44. The normalized spacial score (nSPS) is 26.6. The molecule has 1 aromatic carbocycles. The van der Waals surface area contributed by atoms with Gasteiger partial charge < -0.3 is 5.32 Å². The number of hydrogen-bond acceptors (Lipinski definition) is 2. The molecule has 116 valence electrons. The number of nitrogens with one attached hydrogen (secondary N) is 1. The lowest BCUT2D eigenvalue weighted by Crippen LogP contribution is -2.69. The van der Waals surface area contributed by atoms with Crippen LogP contribution in [0, 0.1) is 0 Å². The first-order valence-electron chi connectivity index (χ1n) is 8.58. The quantitative estimate of drug-likeness (QED) is 0.879. The van der Waals surface area contributed by atoms with E-state index in [0.717, 1.165) is 6.54 Å². The Kier molecular flexibility index (Phi) is 4.11. The molecule has 1 atom stereocenters. The molecule has 1 saturated heterocycles. The molecule has 1 spiro atoms. The predicted octanol–water partition coefficient (Wildman–Crippen LogP) is 4.13. The van der Waals surface area contributed by atoms with E-state index in [0.29, 0.717) is 11.6 Å². The van der Waals surface area contributed by atoms with E-state index in [-0.39, 0.29) is 5.54 Å². The first kappa shape index (κ1) is 15.1. The Hall–Kier alpha value is -0.860. The van der Waals surface area contributed by atoms with Gasteiger partial charge in [0.05, 0.1) is 0 Å². The van der Waals surface area contributed by atoms with Gasteiger partial charge >= 0.3 is 0 Å². The first-order valence-corrected chi connectivity index (χ1v) is 8.58. The average Bonchev–Trinajstić information content (AvgIpc) is 2.46. The number of benzene rings is 1. The van der Waals surface area contributed by atoms with Crippen LogP contribution in [0.3, 0.4) is 0 Å². The third kappa shape index (κ3) is 3.32. The molecule has 2 heteroatoms. The third-order valence-corrected chi connectivity index (χ3v) is 5.35. The van der Waals surface area contributed by atoms with Crippen molar-refractivity contribution in [2.75, 3.05) is 13.1 Å². The van der Waals surface area contributed by atoms with Crippen LogP contribution in [0.5, 0.6) is 0 Å². The van der Waals surface area contributed by atoms with Gasteiger partial charge in [0, 0.05) is 30.2 Å². The minimum Gasteiger partial charge on any atom is -0.304 e. The molecule has 21 heavy (non-hydrogen) atoms. The molecule has 0 aromatic heterocycles. The van der Waals surface area contributed by atoms with Crippen molar-refractivity contribution in [3.8, 4) is 0 Å². The van der Waals surface area contributed by atoms with E-state index in [4.69, 9.17) is 0 Å². The zero-order chi connectivity index (χ0) is 14.9. The van der Waals surface area contributed by atoms with Crippen molar-refractivity contribution >= 4 is 0 Å². The maximum Gasteiger partial charge on any atom is 0.0321 e. The summed E-state index contributed by atoms with van der Waals surface area (Å²) >= 11 is 0. The Morgan fingerprint density at radius 1 is 1.00 bits per heavy atom. The summed E-state index contributed by atoms with van der Waals surface area (Å²) < 4.78 is 0. The van der Waals surface area contributed by atoms with E-state index in [1.54, 1.807) is 0 Å². The average molecular weight is 286 g/mol. The van der Waals surface area contributed by atoms with E-state index in [1.165, 1.54) is 44.2 Å². The van der Waals surface area contributed by atoms with Crippen LogP contribution in [-0.4, -0.2) is 29.1 Å². The molecule has 3 rings (SSSR count). The molecule has 1 unspecified atom stereocenters. The topological polar surface area (TPSA) is 15.3 Å². The van der Waals surface area contributed by atoms with Crippen molar-refractivity contribution in [1.82, 2.24) is 10.2 Å². The van der Waals surface area contributed by atoms with Crippen LogP contribution in [0.2, 0.25) is 0 Å². The van der Waals surface area contributed by atoms with Gasteiger partial charge in [-0.05, 0) is 39.2 Å². The molecule has 1 aromatic rings. The second-order valence-electron chi connectivity index (χ2n) is 7.84. The molecular weight excluding hydrogens is 256 g/mol. The summed E-state index contributed by atoms with van der Waals surface area (Å²) in [5.74, 6) is 0. The highest BCUT2D eigenvalue weighted by Crippen LogP contribution is 2.37. The first-order chi connectivity index (χ1) is 10.00. The minimum atomic E-state index is 0.207. The fraction of sp³-hybridized carbons (Fsp3) is 0.684. The Bertz CT molecular complexity index is 460. The predicted molar refractivity (Wildman–Crippen MR) is 89.5 cm³/mol. The van der Waals surface area contributed by atoms with Crippen LogP contribution in [-0.2, 0) is 0 Å². The lowest BCUT2D eigenvalue weighted by molar-refractivity contribution is 0.0160. The fourth-order valence-corrected chi connectivity index (χ4v) is 4.48. The Balaban J connectivity index is 1.81. The Morgan fingerprint density at radius 3 is 2.33 bits per heavy atom. The smallest absolute Gasteiger partial charge is 0.0321 e. The van der Waals surface area contributed by atoms with E-state index in [2.05, 4.69) is 61.3 Å². The van der Waals surface area contributed by atoms with Gasteiger partial charge in [-0.25, -0.2) is 0 Å². The van der Waals surface area contributed by atoms with Crippen molar-refractivity contribution in [1.29, 1.82) is 0 Å². The highest BCUT2D eigenvalue weighted by Gasteiger charge is 2.44. The standard InChI is InChI=1S/C19H30N2/c1-16(17-10-6-4-7-11-17)21-14-18(2,3)20-19(15-21)12-8-5-9-13-19/h4,6-7,10-11,16,20H,5,8-9,12-15H2,1-3H3. The monoisotopic (exact) mass is 286 g/mol. The molecule has 1 heterocycles. The van der Waals surface area contributed by atoms with Crippen molar-refractivity contribution in [2.24, 2.45) is 0 Å². The summed E-state index contributed by atoms with van der Waals surface area (Å²) in [5.41, 5.74) is 2.00. The molecule has 1 aliphatic carbocycles. The maximum atomic E-state index is 4.00. The number of nitrogens with zero attached hydrogens (tertiary/aromatic N) is 1. The summed E-state index contributed by atoms with van der Waals surface area (Å²) in [6.07, 6.45) is 6.87. The summed E-state index contributed by atoms with van der Waals surface area (Å²) in [4.78, 5) is 2.71. The van der Waals surface area contributed by atoms with Gasteiger partial charge in [0.2, 0.25) is 0 Å². The number of hydrogen-bond donors (Lipinski definition) is 1. The van der Waals surface area contributed by atoms with Crippen LogP contribution in [0.4, 0.5) is 0 Å².